The third-order valence-corrected chi connectivity index (χ3v) is 4.85. The number of fused-ring (bicyclic) bond motifs is 1. The number of benzene rings is 1. The minimum absolute atomic E-state index is 0.0452. The highest BCUT2D eigenvalue weighted by Crippen LogP contribution is 2.32. The lowest BCUT2D eigenvalue weighted by atomic mass is 9.98. The van der Waals surface area contributed by atoms with Gasteiger partial charge in [0.1, 0.15) is 6.04 Å². The maximum absolute atomic E-state index is 12.7. The standard InChI is InChI=1S/C18H26N4O2/c1-12(18(24)21(2)11-17(23)20-13-8-9-13)22-10-4-5-14-15(19)6-3-7-16(14)22/h3,6-7,12-13H,4-5,8-11,19H2,1-2H3,(H,20,23). The molecule has 1 heterocycles. The zero-order valence-electron chi connectivity index (χ0n) is 14.4. The van der Waals surface area contributed by atoms with Gasteiger partial charge in [-0.15, -0.1) is 0 Å². The van der Waals surface area contributed by atoms with E-state index in [0.717, 1.165) is 49.2 Å². The summed E-state index contributed by atoms with van der Waals surface area (Å²) in [5.74, 6) is -0.125. The van der Waals surface area contributed by atoms with Crippen LogP contribution in [-0.4, -0.2) is 48.9 Å². The van der Waals surface area contributed by atoms with Gasteiger partial charge in [0.15, 0.2) is 0 Å². The Bertz CT molecular complexity index is 642. The Labute approximate surface area is 143 Å². The number of carbonyl (C=O) groups excluding carboxylic acids is 2. The Hall–Kier alpha value is -2.24. The highest BCUT2D eigenvalue weighted by atomic mass is 16.2. The van der Waals surface area contributed by atoms with Crippen LogP contribution in [-0.2, 0) is 16.0 Å². The van der Waals surface area contributed by atoms with Crippen LogP contribution in [0.2, 0.25) is 0 Å². The lowest BCUT2D eigenvalue weighted by Gasteiger charge is -2.37. The molecule has 2 amide bonds. The molecule has 24 heavy (non-hydrogen) atoms. The van der Waals surface area contributed by atoms with Crippen LogP contribution >= 0.6 is 0 Å². The minimum Gasteiger partial charge on any atom is -0.398 e. The predicted molar refractivity (Wildman–Crippen MR) is 94.8 cm³/mol. The van der Waals surface area contributed by atoms with E-state index >= 15 is 0 Å². The normalized spacial score (nSPS) is 17.8. The van der Waals surface area contributed by atoms with Crippen LogP contribution in [0.5, 0.6) is 0 Å². The fourth-order valence-corrected chi connectivity index (χ4v) is 3.33. The van der Waals surface area contributed by atoms with E-state index in [0.29, 0.717) is 6.04 Å². The van der Waals surface area contributed by atoms with Crippen molar-refractivity contribution in [1.82, 2.24) is 10.2 Å². The van der Waals surface area contributed by atoms with E-state index in [1.54, 1.807) is 7.05 Å². The van der Waals surface area contributed by atoms with Crippen molar-refractivity contribution in [3.8, 4) is 0 Å². The highest BCUT2D eigenvalue weighted by Gasteiger charge is 2.30. The number of nitrogens with zero attached hydrogens (tertiary/aromatic N) is 2. The van der Waals surface area contributed by atoms with E-state index in [1.165, 1.54) is 4.90 Å². The number of hydrogen-bond donors (Lipinski definition) is 2. The molecule has 1 aromatic carbocycles. The number of anilines is 2. The monoisotopic (exact) mass is 330 g/mol. The quantitative estimate of drug-likeness (QED) is 0.794. The molecule has 0 bridgehead atoms. The lowest BCUT2D eigenvalue weighted by molar-refractivity contribution is -0.135. The summed E-state index contributed by atoms with van der Waals surface area (Å²) >= 11 is 0. The zero-order chi connectivity index (χ0) is 17.3. The van der Waals surface area contributed by atoms with Crippen molar-refractivity contribution in [2.24, 2.45) is 0 Å². The molecule has 1 saturated carbocycles. The number of carbonyl (C=O) groups is 2. The first kappa shape index (κ1) is 16.6. The van der Waals surface area contributed by atoms with E-state index in [-0.39, 0.29) is 24.4 Å². The second-order valence-corrected chi connectivity index (χ2v) is 6.85. The number of nitrogen functional groups attached to an aromatic ring is 1. The van der Waals surface area contributed by atoms with E-state index in [1.807, 2.05) is 25.1 Å². The molecule has 0 saturated heterocycles. The van der Waals surface area contributed by atoms with Crippen LogP contribution in [0.1, 0.15) is 31.7 Å². The number of nitrogens with one attached hydrogen (secondary N) is 1. The number of nitrogens with two attached hydrogens (primary N) is 1. The smallest absolute Gasteiger partial charge is 0.245 e. The van der Waals surface area contributed by atoms with Crippen molar-refractivity contribution < 1.29 is 9.59 Å². The topological polar surface area (TPSA) is 78.7 Å². The Morgan fingerprint density at radius 2 is 2.17 bits per heavy atom. The van der Waals surface area contributed by atoms with Crippen molar-refractivity contribution >= 4 is 23.2 Å². The van der Waals surface area contributed by atoms with Gasteiger partial charge in [-0.2, -0.15) is 0 Å². The molecule has 6 nitrogen and oxygen atoms in total. The molecule has 1 atom stereocenters. The number of hydrogen-bond acceptors (Lipinski definition) is 4. The van der Waals surface area contributed by atoms with Crippen molar-refractivity contribution in [2.45, 2.75) is 44.7 Å². The van der Waals surface area contributed by atoms with Gasteiger partial charge in [-0.3, -0.25) is 9.59 Å². The fraction of sp³-hybridized carbons (Fsp3) is 0.556. The summed E-state index contributed by atoms with van der Waals surface area (Å²) < 4.78 is 0. The average Bonchev–Trinajstić information content (AvgIpc) is 3.37. The second kappa shape index (κ2) is 6.71. The molecule has 130 valence electrons. The molecule has 6 heteroatoms. The van der Waals surface area contributed by atoms with Crippen molar-refractivity contribution in [2.75, 3.05) is 30.8 Å². The van der Waals surface area contributed by atoms with Gasteiger partial charge in [0.05, 0.1) is 6.54 Å². The number of amides is 2. The third-order valence-electron chi connectivity index (χ3n) is 4.85. The Morgan fingerprint density at radius 1 is 1.42 bits per heavy atom. The maximum atomic E-state index is 12.7. The predicted octanol–water partition coefficient (Wildman–Crippen LogP) is 1.15. The maximum Gasteiger partial charge on any atom is 0.245 e. The van der Waals surface area contributed by atoms with Gasteiger partial charge in [-0.25, -0.2) is 0 Å². The summed E-state index contributed by atoms with van der Waals surface area (Å²) in [7, 11) is 1.69. The average molecular weight is 330 g/mol. The molecule has 0 radical (unpaired) electrons. The minimum atomic E-state index is -0.315. The molecule has 3 rings (SSSR count). The molecule has 1 aromatic rings. The van der Waals surface area contributed by atoms with Gasteiger partial charge in [0.2, 0.25) is 11.8 Å². The molecule has 0 spiro atoms. The molecule has 1 fully saturated rings. The molecule has 3 N–H and O–H groups in total. The van der Waals surface area contributed by atoms with Crippen LogP contribution in [0.3, 0.4) is 0 Å². The summed E-state index contributed by atoms with van der Waals surface area (Å²) in [6.07, 6.45) is 4.02. The van der Waals surface area contributed by atoms with E-state index in [9.17, 15) is 9.59 Å². The van der Waals surface area contributed by atoms with Crippen LogP contribution in [0.25, 0.3) is 0 Å². The zero-order valence-corrected chi connectivity index (χ0v) is 14.4. The van der Waals surface area contributed by atoms with E-state index in [2.05, 4.69) is 10.2 Å². The summed E-state index contributed by atoms with van der Waals surface area (Å²) in [6, 6.07) is 5.86. The Kier molecular flexibility index (Phi) is 4.64. The van der Waals surface area contributed by atoms with Crippen LogP contribution < -0.4 is 16.0 Å². The first-order valence-electron chi connectivity index (χ1n) is 8.65. The van der Waals surface area contributed by atoms with Crippen LogP contribution in [0, 0.1) is 0 Å². The molecule has 1 aliphatic heterocycles. The van der Waals surface area contributed by atoms with Gasteiger partial charge in [-0.05, 0) is 50.3 Å². The molecule has 1 unspecified atom stereocenters. The first-order chi connectivity index (χ1) is 11.5. The summed E-state index contributed by atoms with van der Waals surface area (Å²) in [5.41, 5.74) is 9.03. The Balaban J connectivity index is 1.67. The summed E-state index contributed by atoms with van der Waals surface area (Å²) in [6.45, 7) is 2.83. The van der Waals surface area contributed by atoms with Crippen molar-refractivity contribution in [3.05, 3.63) is 23.8 Å². The fourth-order valence-electron chi connectivity index (χ4n) is 3.33. The summed E-state index contributed by atoms with van der Waals surface area (Å²) in [4.78, 5) is 28.3. The molecular formula is C18H26N4O2. The third kappa shape index (κ3) is 3.47. The molecular weight excluding hydrogens is 304 g/mol. The molecule has 0 aromatic heterocycles. The summed E-state index contributed by atoms with van der Waals surface area (Å²) in [5, 5.41) is 2.92. The van der Waals surface area contributed by atoms with E-state index in [4.69, 9.17) is 5.73 Å². The van der Waals surface area contributed by atoms with Crippen molar-refractivity contribution in [1.29, 1.82) is 0 Å². The SMILES string of the molecule is CC(C(=O)N(C)CC(=O)NC1CC1)N1CCCc2c(N)cccc21. The van der Waals surface area contributed by atoms with Gasteiger partial charge in [-0.1, -0.05) is 6.07 Å². The molecule has 1 aliphatic carbocycles. The van der Waals surface area contributed by atoms with Gasteiger partial charge < -0.3 is 20.9 Å². The van der Waals surface area contributed by atoms with Crippen LogP contribution in [0.15, 0.2) is 18.2 Å². The lowest BCUT2D eigenvalue weighted by Crippen LogP contribution is -2.50. The van der Waals surface area contributed by atoms with Gasteiger partial charge in [0, 0.05) is 31.0 Å². The largest absolute Gasteiger partial charge is 0.398 e. The van der Waals surface area contributed by atoms with E-state index < -0.39 is 0 Å². The molecule has 2 aliphatic rings. The second-order valence-electron chi connectivity index (χ2n) is 6.85. The number of likely N-dealkylation sites (N-methyl/N-ethyl adjacent to an activating group) is 1. The number of rotatable bonds is 5. The van der Waals surface area contributed by atoms with Gasteiger partial charge in [0.25, 0.3) is 0 Å². The highest BCUT2D eigenvalue weighted by molar-refractivity contribution is 5.89. The van der Waals surface area contributed by atoms with Crippen LogP contribution in [0.4, 0.5) is 11.4 Å². The Morgan fingerprint density at radius 3 is 2.88 bits per heavy atom. The first-order valence-corrected chi connectivity index (χ1v) is 8.65. The van der Waals surface area contributed by atoms with Gasteiger partial charge >= 0.3 is 0 Å². The van der Waals surface area contributed by atoms with Crippen molar-refractivity contribution in [3.63, 3.8) is 0 Å².